The number of amides is 1. The lowest BCUT2D eigenvalue weighted by Crippen LogP contribution is -2.35. The van der Waals surface area contributed by atoms with Gasteiger partial charge < -0.3 is 14.8 Å². The number of anilines is 1. The van der Waals surface area contributed by atoms with Gasteiger partial charge >= 0.3 is 0 Å². The van der Waals surface area contributed by atoms with Crippen molar-refractivity contribution in [2.45, 2.75) is 24.2 Å². The first-order valence-corrected chi connectivity index (χ1v) is 11.6. The molecule has 30 heavy (non-hydrogen) atoms. The number of nitrogens with zero attached hydrogens (tertiary/aromatic N) is 1. The van der Waals surface area contributed by atoms with Crippen LogP contribution >= 0.6 is 23.2 Å². The maximum atomic E-state index is 13.1. The second kappa shape index (κ2) is 9.87. The molecule has 1 N–H and O–H groups in total. The van der Waals surface area contributed by atoms with Gasteiger partial charge in [0.1, 0.15) is 16.4 Å². The zero-order valence-electron chi connectivity index (χ0n) is 16.4. The Kier molecular flexibility index (Phi) is 7.46. The summed E-state index contributed by atoms with van der Waals surface area (Å²) in [7, 11) is -2.32. The van der Waals surface area contributed by atoms with Crippen molar-refractivity contribution >= 4 is 44.8 Å². The Balaban J connectivity index is 1.73. The van der Waals surface area contributed by atoms with Crippen LogP contribution in [-0.2, 0) is 14.8 Å². The van der Waals surface area contributed by atoms with Crippen LogP contribution < -0.4 is 14.8 Å². The third-order valence-corrected chi connectivity index (χ3v) is 7.08. The molecule has 7 nitrogen and oxygen atoms in total. The first-order valence-electron chi connectivity index (χ1n) is 9.37. The molecule has 1 aliphatic rings. The van der Waals surface area contributed by atoms with Crippen LogP contribution in [0.3, 0.4) is 0 Å². The molecule has 0 atom stereocenters. The van der Waals surface area contributed by atoms with Crippen molar-refractivity contribution < 1.29 is 22.7 Å². The zero-order chi connectivity index (χ0) is 21.7. The van der Waals surface area contributed by atoms with Crippen LogP contribution in [0.15, 0.2) is 41.3 Å². The van der Waals surface area contributed by atoms with Gasteiger partial charge in [0.2, 0.25) is 10.0 Å². The largest absolute Gasteiger partial charge is 0.495 e. The van der Waals surface area contributed by atoms with Gasteiger partial charge in [-0.05, 0) is 49.2 Å². The molecule has 1 aliphatic heterocycles. The number of hydrogen-bond donors (Lipinski definition) is 1. The quantitative estimate of drug-likeness (QED) is 0.652. The Bertz CT molecular complexity index is 1020. The lowest BCUT2D eigenvalue weighted by atomic mass is 10.2. The molecule has 1 heterocycles. The maximum absolute atomic E-state index is 13.1. The highest BCUT2D eigenvalue weighted by molar-refractivity contribution is 7.89. The van der Waals surface area contributed by atoms with E-state index < -0.39 is 15.9 Å². The van der Waals surface area contributed by atoms with Gasteiger partial charge in [-0.3, -0.25) is 4.79 Å². The van der Waals surface area contributed by atoms with E-state index in [-0.39, 0.29) is 22.3 Å². The van der Waals surface area contributed by atoms with Crippen molar-refractivity contribution in [3.8, 4) is 11.5 Å². The summed E-state index contributed by atoms with van der Waals surface area (Å²) in [5.41, 5.74) is 0.321. The number of ether oxygens (including phenoxy) is 2. The van der Waals surface area contributed by atoms with Crippen molar-refractivity contribution in [3.05, 3.63) is 46.4 Å². The van der Waals surface area contributed by atoms with Gasteiger partial charge in [-0.2, -0.15) is 4.31 Å². The van der Waals surface area contributed by atoms with Crippen LogP contribution in [0.5, 0.6) is 11.5 Å². The fraction of sp³-hybridized carbons (Fsp3) is 0.350. The minimum atomic E-state index is -3.73. The molecule has 2 aromatic carbocycles. The van der Waals surface area contributed by atoms with E-state index in [9.17, 15) is 13.2 Å². The van der Waals surface area contributed by atoms with E-state index in [0.717, 1.165) is 19.3 Å². The average Bonchev–Trinajstić information content (AvgIpc) is 2.73. The number of carbonyl (C=O) groups is 1. The number of rotatable bonds is 7. The van der Waals surface area contributed by atoms with Gasteiger partial charge in [-0.1, -0.05) is 29.6 Å². The molecule has 0 aliphatic carbocycles. The van der Waals surface area contributed by atoms with Crippen molar-refractivity contribution in [1.29, 1.82) is 0 Å². The van der Waals surface area contributed by atoms with Gasteiger partial charge in [-0.25, -0.2) is 8.42 Å². The van der Waals surface area contributed by atoms with Gasteiger partial charge in [0.25, 0.3) is 5.91 Å². The van der Waals surface area contributed by atoms with Gasteiger partial charge in [0.15, 0.2) is 6.61 Å². The van der Waals surface area contributed by atoms with E-state index in [1.54, 1.807) is 18.2 Å². The number of hydrogen-bond acceptors (Lipinski definition) is 5. The second-order valence-electron chi connectivity index (χ2n) is 6.74. The third kappa shape index (κ3) is 5.37. The van der Waals surface area contributed by atoms with Crippen molar-refractivity contribution in [3.63, 3.8) is 0 Å². The standard InChI is InChI=1S/C20H22Cl2N2O5S/c1-28-18-8-6-15(12-19(18)30(26,27)24-9-3-2-4-10-24)23-20(25)13-29-17-7-5-14(21)11-16(17)22/h5-8,11-12H,2-4,9-10,13H2,1H3,(H,23,25). The minimum absolute atomic E-state index is 0.0198. The first-order chi connectivity index (χ1) is 14.3. The lowest BCUT2D eigenvalue weighted by molar-refractivity contribution is -0.118. The predicted octanol–water partition coefficient (Wildman–Crippen LogP) is 4.19. The molecule has 1 fully saturated rings. The highest BCUT2D eigenvalue weighted by Crippen LogP contribution is 2.31. The highest BCUT2D eigenvalue weighted by atomic mass is 35.5. The second-order valence-corrected chi connectivity index (χ2v) is 9.49. The highest BCUT2D eigenvalue weighted by Gasteiger charge is 2.29. The molecule has 1 saturated heterocycles. The molecule has 0 bridgehead atoms. The zero-order valence-corrected chi connectivity index (χ0v) is 18.7. The van der Waals surface area contributed by atoms with Crippen LogP contribution in [0.2, 0.25) is 10.0 Å². The summed E-state index contributed by atoms with van der Waals surface area (Å²) in [6.45, 7) is 0.636. The fourth-order valence-corrected chi connectivity index (χ4v) is 5.29. The molecule has 0 unspecified atom stereocenters. The SMILES string of the molecule is COc1ccc(NC(=O)COc2ccc(Cl)cc2Cl)cc1S(=O)(=O)N1CCCCC1. The summed E-state index contributed by atoms with van der Waals surface area (Å²) >= 11 is 11.9. The van der Waals surface area contributed by atoms with E-state index in [2.05, 4.69) is 5.32 Å². The summed E-state index contributed by atoms with van der Waals surface area (Å²) in [6.07, 6.45) is 2.65. The molecule has 0 saturated carbocycles. The lowest BCUT2D eigenvalue weighted by Gasteiger charge is -2.26. The summed E-state index contributed by atoms with van der Waals surface area (Å²) in [6, 6.07) is 9.16. The van der Waals surface area contributed by atoms with Gasteiger partial charge in [-0.15, -0.1) is 0 Å². The number of sulfonamides is 1. The fourth-order valence-electron chi connectivity index (χ4n) is 3.13. The first kappa shape index (κ1) is 22.7. The average molecular weight is 473 g/mol. The normalized spacial score (nSPS) is 14.9. The molecular weight excluding hydrogens is 451 g/mol. The minimum Gasteiger partial charge on any atom is -0.495 e. The van der Waals surface area contributed by atoms with Gasteiger partial charge in [0.05, 0.1) is 12.1 Å². The summed E-state index contributed by atoms with van der Waals surface area (Å²) in [4.78, 5) is 12.3. The van der Waals surface area contributed by atoms with Crippen molar-refractivity contribution in [1.82, 2.24) is 4.31 Å². The molecule has 2 aromatic rings. The van der Waals surface area contributed by atoms with Crippen LogP contribution in [0.1, 0.15) is 19.3 Å². The third-order valence-electron chi connectivity index (χ3n) is 4.63. The van der Waals surface area contributed by atoms with Crippen LogP contribution in [0.4, 0.5) is 5.69 Å². The molecule has 162 valence electrons. The number of halogens is 2. The Morgan fingerprint density at radius 2 is 1.77 bits per heavy atom. The van der Waals surface area contributed by atoms with Crippen LogP contribution in [0.25, 0.3) is 0 Å². The number of benzene rings is 2. The Morgan fingerprint density at radius 3 is 2.43 bits per heavy atom. The van der Waals surface area contributed by atoms with Crippen molar-refractivity contribution in [2.75, 3.05) is 32.1 Å². The summed E-state index contributed by atoms with van der Waals surface area (Å²) in [5.74, 6) is 0.0783. The molecule has 0 radical (unpaired) electrons. The number of piperidine rings is 1. The van der Waals surface area contributed by atoms with E-state index in [0.29, 0.717) is 29.5 Å². The van der Waals surface area contributed by atoms with E-state index in [4.69, 9.17) is 32.7 Å². The summed E-state index contributed by atoms with van der Waals surface area (Å²) in [5, 5.41) is 3.38. The molecule has 10 heteroatoms. The monoisotopic (exact) mass is 472 g/mol. The molecule has 0 spiro atoms. The smallest absolute Gasteiger partial charge is 0.262 e. The molecular formula is C20H22Cl2N2O5S. The van der Waals surface area contributed by atoms with Crippen LogP contribution in [0, 0.1) is 0 Å². The number of nitrogens with one attached hydrogen (secondary N) is 1. The topological polar surface area (TPSA) is 84.9 Å². The Hall–Kier alpha value is -2.00. The Labute approximate surface area is 185 Å². The van der Waals surface area contributed by atoms with Gasteiger partial charge in [0, 0.05) is 23.8 Å². The van der Waals surface area contributed by atoms with Crippen LogP contribution in [-0.4, -0.2) is 45.4 Å². The molecule has 0 aromatic heterocycles. The van der Waals surface area contributed by atoms with Crippen molar-refractivity contribution in [2.24, 2.45) is 0 Å². The van der Waals surface area contributed by atoms with E-state index >= 15 is 0 Å². The van der Waals surface area contributed by atoms with E-state index in [1.807, 2.05) is 0 Å². The molecule has 1 amide bonds. The molecule has 3 rings (SSSR count). The summed E-state index contributed by atoms with van der Waals surface area (Å²) < 4.78 is 38.2. The number of methoxy groups -OCH3 is 1. The Morgan fingerprint density at radius 1 is 1.07 bits per heavy atom. The maximum Gasteiger partial charge on any atom is 0.262 e. The number of carbonyl (C=O) groups excluding carboxylic acids is 1. The van der Waals surface area contributed by atoms with E-state index in [1.165, 1.54) is 29.6 Å². The predicted molar refractivity (Wildman–Crippen MR) is 116 cm³/mol.